The van der Waals surface area contributed by atoms with Crippen molar-refractivity contribution in [2.45, 2.75) is 45.2 Å². The van der Waals surface area contributed by atoms with Crippen molar-refractivity contribution in [3.63, 3.8) is 0 Å². The van der Waals surface area contributed by atoms with Crippen LogP contribution >= 0.6 is 0 Å². The number of nitrogens with zero attached hydrogens (tertiary/aromatic N) is 3. The lowest BCUT2D eigenvalue weighted by Gasteiger charge is -2.16. The van der Waals surface area contributed by atoms with Gasteiger partial charge < -0.3 is 15.7 Å². The Labute approximate surface area is 153 Å². The molecule has 3 N–H and O–H groups in total. The SMILES string of the molecule is C[Si](C)(C)c1cn(CC[C@H](NC(=O)O)C(=O)NCc2ccccc2)nn1. The number of hydrogen-bond donors (Lipinski definition) is 3. The first-order chi connectivity index (χ1) is 12.3. The summed E-state index contributed by atoms with van der Waals surface area (Å²) < 4.78 is 1.66. The molecule has 0 spiro atoms. The fraction of sp³-hybridized carbons (Fsp3) is 0.412. The molecule has 26 heavy (non-hydrogen) atoms. The Morgan fingerprint density at radius 1 is 1.23 bits per heavy atom. The average molecular weight is 376 g/mol. The van der Waals surface area contributed by atoms with Crippen molar-refractivity contribution in [3.8, 4) is 0 Å². The van der Waals surface area contributed by atoms with E-state index in [9.17, 15) is 9.59 Å². The molecule has 2 rings (SSSR count). The third-order valence-electron chi connectivity index (χ3n) is 3.88. The van der Waals surface area contributed by atoms with E-state index in [1.165, 1.54) is 0 Å². The van der Waals surface area contributed by atoms with Gasteiger partial charge in [-0.2, -0.15) is 0 Å². The van der Waals surface area contributed by atoms with Gasteiger partial charge in [-0.25, -0.2) is 4.79 Å². The van der Waals surface area contributed by atoms with Crippen LogP contribution in [0.2, 0.25) is 19.6 Å². The van der Waals surface area contributed by atoms with E-state index in [4.69, 9.17) is 5.11 Å². The van der Waals surface area contributed by atoms with Crippen molar-refractivity contribution < 1.29 is 14.7 Å². The van der Waals surface area contributed by atoms with Crippen molar-refractivity contribution >= 4 is 25.4 Å². The largest absolute Gasteiger partial charge is 0.465 e. The zero-order chi connectivity index (χ0) is 19.2. The topological polar surface area (TPSA) is 109 Å². The summed E-state index contributed by atoms with van der Waals surface area (Å²) in [6.07, 6.45) is 0.944. The molecule has 1 atom stereocenters. The molecule has 0 unspecified atom stereocenters. The van der Waals surface area contributed by atoms with Crippen LogP contribution in [0.15, 0.2) is 36.5 Å². The number of carboxylic acid groups (broad SMARTS) is 1. The molecule has 0 fully saturated rings. The van der Waals surface area contributed by atoms with Crippen LogP contribution in [0.4, 0.5) is 4.79 Å². The number of carbonyl (C=O) groups excluding carboxylic acids is 1. The van der Waals surface area contributed by atoms with E-state index in [1.807, 2.05) is 36.5 Å². The van der Waals surface area contributed by atoms with Crippen LogP contribution in [0.1, 0.15) is 12.0 Å². The summed E-state index contributed by atoms with van der Waals surface area (Å²) in [6, 6.07) is 8.61. The maximum Gasteiger partial charge on any atom is 0.405 e. The molecule has 0 saturated carbocycles. The smallest absolute Gasteiger partial charge is 0.405 e. The van der Waals surface area contributed by atoms with Crippen molar-refractivity contribution in [3.05, 3.63) is 42.1 Å². The summed E-state index contributed by atoms with van der Waals surface area (Å²) in [5.41, 5.74) is 0.950. The molecule has 1 aromatic carbocycles. The van der Waals surface area contributed by atoms with E-state index in [-0.39, 0.29) is 5.91 Å². The van der Waals surface area contributed by atoms with E-state index in [2.05, 4.69) is 40.6 Å². The predicted octanol–water partition coefficient (Wildman–Crippen LogP) is 1.17. The van der Waals surface area contributed by atoms with Gasteiger partial charge in [0.15, 0.2) is 0 Å². The quantitative estimate of drug-likeness (QED) is 0.600. The van der Waals surface area contributed by atoms with Crippen LogP contribution in [-0.4, -0.2) is 46.2 Å². The van der Waals surface area contributed by atoms with Gasteiger partial charge >= 0.3 is 6.09 Å². The Hall–Kier alpha value is -2.68. The third-order valence-corrected chi connectivity index (χ3v) is 5.64. The number of hydrogen-bond acceptors (Lipinski definition) is 4. The fourth-order valence-corrected chi connectivity index (χ4v) is 3.22. The minimum absolute atomic E-state index is 0.293. The van der Waals surface area contributed by atoms with Gasteiger partial charge in [0.05, 0.1) is 5.32 Å². The summed E-state index contributed by atoms with van der Waals surface area (Å²) in [6.45, 7) is 7.27. The number of aromatic nitrogens is 3. The second-order valence-electron chi connectivity index (χ2n) is 7.11. The zero-order valence-electron chi connectivity index (χ0n) is 15.3. The molecule has 0 aliphatic heterocycles. The van der Waals surface area contributed by atoms with Crippen LogP contribution < -0.4 is 16.0 Å². The molecule has 0 aliphatic rings. The summed E-state index contributed by atoms with van der Waals surface area (Å²) in [5, 5.41) is 23.3. The lowest BCUT2D eigenvalue weighted by molar-refractivity contribution is -0.123. The van der Waals surface area contributed by atoms with Gasteiger partial charge in [-0.1, -0.05) is 55.2 Å². The minimum atomic E-state index is -1.55. The highest BCUT2D eigenvalue weighted by molar-refractivity contribution is 6.88. The molecule has 0 saturated heterocycles. The molecule has 140 valence electrons. The predicted molar refractivity (Wildman–Crippen MR) is 101 cm³/mol. The maximum atomic E-state index is 12.4. The highest BCUT2D eigenvalue weighted by Gasteiger charge is 2.23. The molecule has 9 heteroatoms. The van der Waals surface area contributed by atoms with E-state index in [0.717, 1.165) is 10.9 Å². The van der Waals surface area contributed by atoms with E-state index in [1.54, 1.807) is 4.68 Å². The second-order valence-corrected chi connectivity index (χ2v) is 12.1. The van der Waals surface area contributed by atoms with Gasteiger partial charge in [0.25, 0.3) is 0 Å². The first-order valence-corrected chi connectivity index (χ1v) is 12.0. The molecule has 1 aromatic heterocycles. The highest BCUT2D eigenvalue weighted by atomic mass is 28.3. The van der Waals surface area contributed by atoms with Crippen LogP contribution in [0, 0.1) is 0 Å². The third kappa shape index (κ3) is 5.99. The molecule has 1 heterocycles. The standard InChI is InChI=1S/C17H25N5O3Si/c1-26(2,3)15-12-22(21-20-15)10-9-14(19-17(24)25)16(23)18-11-13-7-5-4-6-8-13/h4-8,12,14,19H,9-11H2,1-3H3,(H,18,23)(H,24,25)/t14-/m0/s1. The van der Waals surface area contributed by atoms with E-state index < -0.39 is 20.2 Å². The number of aryl methyl sites for hydroxylation is 1. The molecule has 8 nitrogen and oxygen atoms in total. The lowest BCUT2D eigenvalue weighted by Crippen LogP contribution is -2.46. The molecular weight excluding hydrogens is 350 g/mol. The van der Waals surface area contributed by atoms with Crippen LogP contribution in [0.25, 0.3) is 0 Å². The first kappa shape index (κ1) is 19.6. The fourth-order valence-electron chi connectivity index (χ4n) is 2.34. The van der Waals surface area contributed by atoms with Crippen molar-refractivity contribution in [1.82, 2.24) is 25.6 Å². The number of rotatable bonds is 8. The van der Waals surface area contributed by atoms with E-state index >= 15 is 0 Å². The minimum Gasteiger partial charge on any atom is -0.465 e. The summed E-state index contributed by atoms with van der Waals surface area (Å²) in [7, 11) is -1.55. The maximum absolute atomic E-state index is 12.4. The number of carbonyl (C=O) groups is 2. The monoisotopic (exact) mass is 375 g/mol. The molecular formula is C17H25N5O3Si. The number of nitrogens with one attached hydrogen (secondary N) is 2. The van der Waals surface area contributed by atoms with Crippen molar-refractivity contribution in [2.75, 3.05) is 0 Å². The Morgan fingerprint density at radius 3 is 2.50 bits per heavy atom. The molecule has 0 aliphatic carbocycles. The Balaban J connectivity index is 1.94. The van der Waals surface area contributed by atoms with Crippen LogP contribution in [0.5, 0.6) is 0 Å². The number of amides is 2. The summed E-state index contributed by atoms with van der Waals surface area (Å²) in [4.78, 5) is 23.4. The van der Waals surface area contributed by atoms with Gasteiger partial charge in [0.2, 0.25) is 5.91 Å². The summed E-state index contributed by atoms with van der Waals surface area (Å²) in [5.74, 6) is -0.359. The first-order valence-electron chi connectivity index (χ1n) is 8.47. The normalized spacial score (nSPS) is 12.4. The average Bonchev–Trinajstić information content (AvgIpc) is 3.06. The van der Waals surface area contributed by atoms with Gasteiger partial charge in [-0.3, -0.25) is 9.48 Å². The van der Waals surface area contributed by atoms with Crippen molar-refractivity contribution in [1.29, 1.82) is 0 Å². The van der Waals surface area contributed by atoms with Gasteiger partial charge in [-0.15, -0.1) is 5.10 Å². The molecule has 0 bridgehead atoms. The molecule has 2 aromatic rings. The highest BCUT2D eigenvalue weighted by Crippen LogP contribution is 2.02. The van der Waals surface area contributed by atoms with E-state index in [0.29, 0.717) is 19.5 Å². The molecule has 2 amide bonds. The lowest BCUT2D eigenvalue weighted by atomic mass is 10.1. The zero-order valence-corrected chi connectivity index (χ0v) is 16.3. The van der Waals surface area contributed by atoms with Crippen molar-refractivity contribution in [2.24, 2.45) is 0 Å². The summed E-state index contributed by atoms with van der Waals surface area (Å²) >= 11 is 0. The Bertz CT molecular complexity index is 742. The van der Waals surface area contributed by atoms with Crippen LogP contribution in [-0.2, 0) is 17.9 Å². The number of benzene rings is 1. The molecule has 0 radical (unpaired) electrons. The Morgan fingerprint density at radius 2 is 1.92 bits per heavy atom. The van der Waals surface area contributed by atoms with Gasteiger partial charge in [0, 0.05) is 19.3 Å². The Kier molecular flexibility index (Phi) is 6.50. The van der Waals surface area contributed by atoms with Crippen LogP contribution in [0.3, 0.4) is 0 Å². The van der Waals surface area contributed by atoms with Gasteiger partial charge in [0.1, 0.15) is 14.1 Å². The second kappa shape index (κ2) is 8.61. The van der Waals surface area contributed by atoms with Gasteiger partial charge in [-0.05, 0) is 12.0 Å².